The van der Waals surface area contributed by atoms with Crippen molar-refractivity contribution < 1.29 is 4.39 Å². The Morgan fingerprint density at radius 2 is 1.95 bits per heavy atom. The van der Waals surface area contributed by atoms with E-state index < -0.39 is 0 Å². The molecule has 0 aliphatic carbocycles. The average Bonchev–Trinajstić information content (AvgIpc) is 2.40. The number of aromatic nitrogens is 1. The number of pyridine rings is 1. The molecular weight excluding hydrogens is 241 g/mol. The lowest BCUT2D eigenvalue weighted by Crippen LogP contribution is -2.01. The zero-order valence-electron chi connectivity index (χ0n) is 11.2. The Labute approximate surface area is 112 Å². The summed E-state index contributed by atoms with van der Waals surface area (Å²) in [5, 5.41) is 6.53. The highest BCUT2D eigenvalue weighted by Gasteiger charge is 2.02. The maximum Gasteiger partial charge on any atom is 0.123 e. The molecule has 2 N–H and O–H groups in total. The Balaban J connectivity index is 2.14. The number of anilines is 3. The summed E-state index contributed by atoms with van der Waals surface area (Å²) in [7, 11) is 0. The molecule has 0 unspecified atom stereocenters. The fourth-order valence-corrected chi connectivity index (χ4v) is 1.80. The van der Waals surface area contributed by atoms with Crippen molar-refractivity contribution in [3.05, 3.63) is 48.0 Å². The monoisotopic (exact) mass is 259 g/mol. The van der Waals surface area contributed by atoms with Gasteiger partial charge in [-0.15, -0.1) is 0 Å². The lowest BCUT2D eigenvalue weighted by molar-refractivity contribution is 0.627. The van der Waals surface area contributed by atoms with Gasteiger partial charge in [0.25, 0.3) is 0 Å². The molecule has 1 heterocycles. The summed E-state index contributed by atoms with van der Waals surface area (Å²) in [5.74, 6) is -0.223. The van der Waals surface area contributed by atoms with Crippen molar-refractivity contribution in [1.82, 2.24) is 4.98 Å². The van der Waals surface area contributed by atoms with Gasteiger partial charge in [-0.3, -0.25) is 4.98 Å². The summed E-state index contributed by atoms with van der Waals surface area (Å²) >= 11 is 0. The summed E-state index contributed by atoms with van der Waals surface area (Å²) in [6.45, 7) is 4.91. The Morgan fingerprint density at radius 3 is 2.68 bits per heavy atom. The molecule has 2 rings (SSSR count). The molecule has 19 heavy (non-hydrogen) atoms. The molecule has 100 valence electrons. The van der Waals surface area contributed by atoms with E-state index >= 15 is 0 Å². The number of hydrogen-bond acceptors (Lipinski definition) is 3. The minimum atomic E-state index is -0.223. The lowest BCUT2D eigenvalue weighted by atomic mass is 10.2. The first-order valence-electron chi connectivity index (χ1n) is 6.41. The number of aryl methyl sites for hydroxylation is 1. The van der Waals surface area contributed by atoms with Crippen LogP contribution < -0.4 is 10.6 Å². The van der Waals surface area contributed by atoms with Gasteiger partial charge in [0.15, 0.2) is 0 Å². The van der Waals surface area contributed by atoms with Gasteiger partial charge in [0, 0.05) is 12.2 Å². The number of halogens is 1. The van der Waals surface area contributed by atoms with Gasteiger partial charge >= 0.3 is 0 Å². The number of nitrogens with one attached hydrogen (secondary N) is 2. The van der Waals surface area contributed by atoms with Gasteiger partial charge in [-0.1, -0.05) is 6.92 Å². The van der Waals surface area contributed by atoms with E-state index in [2.05, 4.69) is 22.5 Å². The topological polar surface area (TPSA) is 37.0 Å². The zero-order valence-corrected chi connectivity index (χ0v) is 11.2. The fourth-order valence-electron chi connectivity index (χ4n) is 1.80. The maximum absolute atomic E-state index is 13.0. The molecule has 0 spiro atoms. The van der Waals surface area contributed by atoms with Gasteiger partial charge in [-0.2, -0.15) is 0 Å². The molecule has 2 aromatic rings. The summed E-state index contributed by atoms with van der Waals surface area (Å²) in [4.78, 5) is 4.18. The van der Waals surface area contributed by atoms with Gasteiger partial charge in [-0.25, -0.2) is 4.39 Å². The fraction of sp³-hybridized carbons (Fsp3) is 0.267. The Kier molecular flexibility index (Phi) is 4.34. The van der Waals surface area contributed by atoms with Crippen LogP contribution >= 0.6 is 0 Å². The molecule has 0 aliphatic rings. The maximum atomic E-state index is 13.0. The van der Waals surface area contributed by atoms with E-state index in [1.165, 1.54) is 12.1 Å². The predicted octanol–water partition coefficient (Wildman–Crippen LogP) is 4.09. The van der Waals surface area contributed by atoms with E-state index in [-0.39, 0.29) is 5.82 Å². The number of hydrogen-bond donors (Lipinski definition) is 2. The van der Waals surface area contributed by atoms with Crippen LogP contribution in [0.25, 0.3) is 0 Å². The lowest BCUT2D eigenvalue weighted by Gasteiger charge is -2.11. The molecule has 0 radical (unpaired) electrons. The molecule has 1 aromatic heterocycles. The molecule has 0 atom stereocenters. The van der Waals surface area contributed by atoms with Crippen molar-refractivity contribution >= 4 is 17.1 Å². The van der Waals surface area contributed by atoms with Gasteiger partial charge in [0.2, 0.25) is 0 Å². The quantitative estimate of drug-likeness (QED) is 0.849. The highest BCUT2D eigenvalue weighted by Crippen LogP contribution is 2.22. The summed E-state index contributed by atoms with van der Waals surface area (Å²) < 4.78 is 13.0. The second-order valence-electron chi connectivity index (χ2n) is 4.47. The van der Waals surface area contributed by atoms with Crippen LogP contribution in [-0.4, -0.2) is 11.5 Å². The van der Waals surface area contributed by atoms with Gasteiger partial charge in [0.1, 0.15) is 5.82 Å². The molecule has 0 fully saturated rings. The van der Waals surface area contributed by atoms with E-state index in [0.717, 1.165) is 35.6 Å². The van der Waals surface area contributed by atoms with Gasteiger partial charge in [-0.05, 0) is 43.2 Å². The minimum Gasteiger partial charge on any atom is -0.384 e. The van der Waals surface area contributed by atoms with E-state index in [0.29, 0.717) is 0 Å². The third-order valence-corrected chi connectivity index (χ3v) is 2.78. The first-order chi connectivity index (χ1) is 9.19. The van der Waals surface area contributed by atoms with E-state index in [1.807, 2.05) is 13.0 Å². The van der Waals surface area contributed by atoms with Crippen LogP contribution in [0.1, 0.15) is 18.9 Å². The van der Waals surface area contributed by atoms with Crippen LogP contribution in [0.5, 0.6) is 0 Å². The van der Waals surface area contributed by atoms with Crippen molar-refractivity contribution in [2.45, 2.75) is 20.3 Å². The summed E-state index contributed by atoms with van der Waals surface area (Å²) in [6, 6.07) is 6.68. The number of nitrogens with zero attached hydrogens (tertiary/aromatic N) is 1. The smallest absolute Gasteiger partial charge is 0.123 e. The third kappa shape index (κ3) is 3.68. The second kappa shape index (κ2) is 6.18. The van der Waals surface area contributed by atoms with Crippen LogP contribution in [0, 0.1) is 12.7 Å². The third-order valence-electron chi connectivity index (χ3n) is 2.78. The average molecular weight is 259 g/mol. The number of benzene rings is 1. The SMILES string of the molecule is CCCNc1cncc(Nc2ccc(F)cc2C)c1. The van der Waals surface area contributed by atoms with Crippen molar-refractivity contribution in [2.75, 3.05) is 17.2 Å². The van der Waals surface area contributed by atoms with Crippen LogP contribution in [0.4, 0.5) is 21.5 Å². The van der Waals surface area contributed by atoms with Crippen LogP contribution in [0.3, 0.4) is 0 Å². The predicted molar refractivity (Wildman–Crippen MR) is 77.4 cm³/mol. The highest BCUT2D eigenvalue weighted by molar-refractivity contribution is 5.65. The zero-order chi connectivity index (χ0) is 13.7. The first kappa shape index (κ1) is 13.3. The van der Waals surface area contributed by atoms with Gasteiger partial charge in [0.05, 0.1) is 23.8 Å². The van der Waals surface area contributed by atoms with E-state index in [1.54, 1.807) is 18.5 Å². The molecule has 4 heteroatoms. The molecular formula is C15H18FN3. The first-order valence-corrected chi connectivity index (χ1v) is 6.41. The molecule has 3 nitrogen and oxygen atoms in total. The highest BCUT2D eigenvalue weighted by atomic mass is 19.1. The second-order valence-corrected chi connectivity index (χ2v) is 4.47. The number of rotatable bonds is 5. The molecule has 0 saturated heterocycles. The Morgan fingerprint density at radius 1 is 1.16 bits per heavy atom. The Bertz CT molecular complexity index is 555. The van der Waals surface area contributed by atoms with Crippen LogP contribution in [-0.2, 0) is 0 Å². The molecule has 0 bridgehead atoms. The van der Waals surface area contributed by atoms with E-state index in [9.17, 15) is 4.39 Å². The minimum absolute atomic E-state index is 0.223. The molecule has 0 amide bonds. The van der Waals surface area contributed by atoms with Gasteiger partial charge < -0.3 is 10.6 Å². The molecule has 1 aromatic carbocycles. The van der Waals surface area contributed by atoms with Crippen molar-refractivity contribution in [2.24, 2.45) is 0 Å². The largest absolute Gasteiger partial charge is 0.384 e. The summed E-state index contributed by atoms with van der Waals surface area (Å²) in [5.41, 5.74) is 3.62. The summed E-state index contributed by atoms with van der Waals surface area (Å²) in [6.07, 6.45) is 4.60. The van der Waals surface area contributed by atoms with Crippen LogP contribution in [0.15, 0.2) is 36.7 Å². The van der Waals surface area contributed by atoms with Crippen molar-refractivity contribution in [3.8, 4) is 0 Å². The Hall–Kier alpha value is -2.10. The normalized spacial score (nSPS) is 10.3. The molecule has 0 saturated carbocycles. The standard InChI is InChI=1S/C15H18FN3/c1-3-6-18-13-8-14(10-17-9-13)19-15-5-4-12(16)7-11(15)2/h4-5,7-10,18-19H,3,6H2,1-2H3. The van der Waals surface area contributed by atoms with Crippen molar-refractivity contribution in [3.63, 3.8) is 0 Å². The van der Waals surface area contributed by atoms with Crippen LogP contribution in [0.2, 0.25) is 0 Å². The van der Waals surface area contributed by atoms with Crippen molar-refractivity contribution in [1.29, 1.82) is 0 Å². The molecule has 0 aliphatic heterocycles. The van der Waals surface area contributed by atoms with E-state index in [4.69, 9.17) is 0 Å².